The minimum atomic E-state index is -0.0246. The van der Waals surface area contributed by atoms with Crippen molar-refractivity contribution in [3.05, 3.63) is 0 Å². The van der Waals surface area contributed by atoms with Crippen LogP contribution in [0.5, 0.6) is 0 Å². The Hall–Kier alpha value is -0.770. The van der Waals surface area contributed by atoms with Gasteiger partial charge in [0.2, 0.25) is 0 Å². The Balaban J connectivity index is 2.41. The number of amides is 2. The van der Waals surface area contributed by atoms with Gasteiger partial charge in [0.1, 0.15) is 0 Å². The van der Waals surface area contributed by atoms with Crippen LogP contribution >= 0.6 is 0 Å². The molecule has 0 unspecified atom stereocenters. The summed E-state index contributed by atoms with van der Waals surface area (Å²) in [6.07, 6.45) is 3.00. The molecule has 0 radical (unpaired) electrons. The first-order valence-corrected chi connectivity index (χ1v) is 7.01. The quantitative estimate of drug-likeness (QED) is 0.792. The maximum Gasteiger partial charge on any atom is 0.317 e. The van der Waals surface area contributed by atoms with Gasteiger partial charge in [-0.25, -0.2) is 4.79 Å². The number of rotatable bonds is 5. The lowest BCUT2D eigenvalue weighted by atomic mass is 9.84. The predicted octanol–water partition coefficient (Wildman–Crippen LogP) is 2.23. The van der Waals surface area contributed by atoms with Crippen molar-refractivity contribution in [3.8, 4) is 0 Å². The lowest BCUT2D eigenvalue weighted by Gasteiger charge is -2.29. The molecule has 0 aromatic heterocycles. The van der Waals surface area contributed by atoms with E-state index < -0.39 is 0 Å². The zero-order valence-electron chi connectivity index (χ0n) is 12.2. The topological polar surface area (TPSA) is 52.6 Å². The van der Waals surface area contributed by atoms with Crippen LogP contribution in [0.1, 0.15) is 47.0 Å². The van der Waals surface area contributed by atoms with E-state index in [-0.39, 0.29) is 24.1 Å². The average molecular weight is 256 g/mol. The Kier molecular flexibility index (Phi) is 5.45. The molecule has 0 aromatic rings. The van der Waals surface area contributed by atoms with Gasteiger partial charge >= 0.3 is 6.03 Å². The van der Waals surface area contributed by atoms with E-state index in [2.05, 4.69) is 33.0 Å². The summed E-state index contributed by atoms with van der Waals surface area (Å²) in [7, 11) is 0. The number of carbonyl (C=O) groups is 1. The molecule has 1 atom stereocenters. The van der Waals surface area contributed by atoms with Gasteiger partial charge in [0.15, 0.2) is 0 Å². The standard InChI is InChI=1S/C14H28N2O2/c1-11(2)8-14(3,4)10-15-13(18)16-7-5-6-12(16)9-17/h11-12,17H,5-10H2,1-4H3,(H,15,18)/t12-/m0/s1. The number of carbonyl (C=O) groups excluding carboxylic acids is 1. The Morgan fingerprint density at radius 3 is 2.72 bits per heavy atom. The molecule has 0 spiro atoms. The Labute approximate surface area is 111 Å². The van der Waals surface area contributed by atoms with Crippen LogP contribution in [0.15, 0.2) is 0 Å². The molecule has 0 bridgehead atoms. The third-order valence-corrected chi connectivity index (χ3v) is 3.53. The number of aliphatic hydroxyl groups is 1. The summed E-state index contributed by atoms with van der Waals surface area (Å²) in [5.74, 6) is 0.633. The van der Waals surface area contributed by atoms with Crippen LogP contribution < -0.4 is 5.32 Å². The smallest absolute Gasteiger partial charge is 0.317 e. The molecule has 1 fully saturated rings. The van der Waals surface area contributed by atoms with Gasteiger partial charge in [0, 0.05) is 13.1 Å². The van der Waals surface area contributed by atoms with Gasteiger partial charge in [-0.1, -0.05) is 27.7 Å². The van der Waals surface area contributed by atoms with Crippen LogP contribution in [0.2, 0.25) is 0 Å². The molecule has 1 aliphatic rings. The summed E-state index contributed by atoms with van der Waals surface area (Å²) in [6.45, 7) is 10.3. The van der Waals surface area contributed by atoms with Gasteiger partial charge < -0.3 is 15.3 Å². The molecule has 2 N–H and O–H groups in total. The van der Waals surface area contributed by atoms with Gasteiger partial charge in [-0.15, -0.1) is 0 Å². The highest BCUT2D eigenvalue weighted by Crippen LogP contribution is 2.24. The largest absolute Gasteiger partial charge is 0.394 e. The van der Waals surface area contributed by atoms with Crippen molar-refractivity contribution in [3.63, 3.8) is 0 Å². The Bertz CT molecular complexity index is 277. The third kappa shape index (κ3) is 4.48. The molecule has 1 rings (SSSR count). The van der Waals surface area contributed by atoms with E-state index in [1.54, 1.807) is 4.90 Å². The number of nitrogens with zero attached hydrogens (tertiary/aromatic N) is 1. The number of hydrogen-bond acceptors (Lipinski definition) is 2. The summed E-state index contributed by atoms with van der Waals surface area (Å²) in [5.41, 5.74) is 0.123. The Morgan fingerprint density at radius 2 is 2.17 bits per heavy atom. The molecule has 1 heterocycles. The third-order valence-electron chi connectivity index (χ3n) is 3.53. The van der Waals surface area contributed by atoms with E-state index in [1.807, 2.05) is 0 Å². The molecule has 0 saturated carbocycles. The van der Waals surface area contributed by atoms with Crippen LogP contribution in [-0.4, -0.2) is 41.8 Å². The zero-order valence-corrected chi connectivity index (χ0v) is 12.2. The SMILES string of the molecule is CC(C)CC(C)(C)CNC(=O)N1CCC[C@H]1CO. The van der Waals surface area contributed by atoms with Gasteiger partial charge in [0.25, 0.3) is 0 Å². The van der Waals surface area contributed by atoms with Gasteiger partial charge in [-0.05, 0) is 30.6 Å². The van der Waals surface area contributed by atoms with Gasteiger partial charge in [-0.2, -0.15) is 0 Å². The molecule has 0 aliphatic carbocycles. The second-order valence-corrected chi connectivity index (χ2v) is 6.59. The van der Waals surface area contributed by atoms with E-state index in [0.29, 0.717) is 12.5 Å². The highest BCUT2D eigenvalue weighted by molar-refractivity contribution is 5.74. The van der Waals surface area contributed by atoms with Crippen LogP contribution in [0.25, 0.3) is 0 Å². The van der Waals surface area contributed by atoms with Crippen molar-refractivity contribution < 1.29 is 9.90 Å². The number of likely N-dealkylation sites (tertiary alicyclic amines) is 1. The molecule has 106 valence electrons. The first-order valence-electron chi connectivity index (χ1n) is 7.01. The van der Waals surface area contributed by atoms with Crippen molar-refractivity contribution >= 4 is 6.03 Å². The molecule has 2 amide bonds. The number of hydrogen-bond donors (Lipinski definition) is 2. The molecular formula is C14H28N2O2. The number of urea groups is 1. The molecule has 4 heteroatoms. The molecule has 4 nitrogen and oxygen atoms in total. The van der Waals surface area contributed by atoms with Gasteiger partial charge in [0.05, 0.1) is 12.6 Å². The summed E-state index contributed by atoms with van der Waals surface area (Å²) in [6, 6.07) is -0.0124. The summed E-state index contributed by atoms with van der Waals surface area (Å²) in [4.78, 5) is 13.8. The highest BCUT2D eigenvalue weighted by atomic mass is 16.3. The fraction of sp³-hybridized carbons (Fsp3) is 0.929. The fourth-order valence-corrected chi connectivity index (χ4v) is 2.89. The van der Waals surface area contributed by atoms with Crippen molar-refractivity contribution in [1.29, 1.82) is 0 Å². The van der Waals surface area contributed by atoms with Gasteiger partial charge in [-0.3, -0.25) is 0 Å². The minimum absolute atomic E-state index is 0.0122. The highest BCUT2D eigenvalue weighted by Gasteiger charge is 2.29. The number of nitrogens with one attached hydrogen (secondary N) is 1. The zero-order chi connectivity index (χ0) is 13.8. The van der Waals surface area contributed by atoms with Crippen molar-refractivity contribution in [2.45, 2.75) is 53.0 Å². The average Bonchev–Trinajstić information content (AvgIpc) is 2.72. The van der Waals surface area contributed by atoms with Crippen LogP contribution in [0.3, 0.4) is 0 Å². The molecule has 1 saturated heterocycles. The van der Waals surface area contributed by atoms with E-state index in [9.17, 15) is 9.90 Å². The second kappa shape index (κ2) is 6.41. The minimum Gasteiger partial charge on any atom is -0.394 e. The Morgan fingerprint density at radius 1 is 1.50 bits per heavy atom. The molecular weight excluding hydrogens is 228 g/mol. The van der Waals surface area contributed by atoms with E-state index >= 15 is 0 Å². The normalized spacial score (nSPS) is 20.6. The molecule has 1 aliphatic heterocycles. The van der Waals surface area contributed by atoms with Crippen LogP contribution in [0, 0.1) is 11.3 Å². The van der Waals surface area contributed by atoms with Crippen molar-refractivity contribution in [2.75, 3.05) is 19.7 Å². The summed E-state index contributed by atoms with van der Waals surface area (Å²) in [5, 5.41) is 12.2. The maximum atomic E-state index is 12.1. The second-order valence-electron chi connectivity index (χ2n) is 6.59. The lowest BCUT2D eigenvalue weighted by molar-refractivity contribution is 0.152. The summed E-state index contributed by atoms with van der Waals surface area (Å²) >= 11 is 0. The monoisotopic (exact) mass is 256 g/mol. The predicted molar refractivity (Wildman–Crippen MR) is 73.4 cm³/mol. The van der Waals surface area contributed by atoms with Crippen molar-refractivity contribution in [2.24, 2.45) is 11.3 Å². The van der Waals surface area contributed by atoms with Crippen LogP contribution in [-0.2, 0) is 0 Å². The van der Waals surface area contributed by atoms with E-state index in [1.165, 1.54) is 0 Å². The first kappa shape index (κ1) is 15.3. The first-order chi connectivity index (χ1) is 8.35. The maximum absolute atomic E-state index is 12.1. The number of aliphatic hydroxyl groups excluding tert-OH is 1. The molecule has 18 heavy (non-hydrogen) atoms. The lowest BCUT2D eigenvalue weighted by Crippen LogP contribution is -2.46. The van der Waals surface area contributed by atoms with Crippen molar-refractivity contribution in [1.82, 2.24) is 10.2 Å². The molecule has 0 aromatic carbocycles. The van der Waals surface area contributed by atoms with E-state index in [0.717, 1.165) is 25.8 Å². The van der Waals surface area contributed by atoms with Crippen LogP contribution in [0.4, 0.5) is 4.79 Å². The summed E-state index contributed by atoms with van der Waals surface area (Å²) < 4.78 is 0. The fourth-order valence-electron chi connectivity index (χ4n) is 2.89. The van der Waals surface area contributed by atoms with E-state index in [4.69, 9.17) is 0 Å².